The quantitative estimate of drug-likeness (QED) is 0.452. The predicted molar refractivity (Wildman–Crippen MR) is 106 cm³/mol. The number of carbonyl (C=O) groups excluding carboxylic acids is 2. The van der Waals surface area contributed by atoms with Crippen molar-refractivity contribution in [3.05, 3.63) is 64.6 Å². The number of amides is 1. The molecule has 7 heteroatoms. The molecule has 3 rings (SSSR count). The Kier molecular flexibility index (Phi) is 5.39. The van der Waals surface area contributed by atoms with Crippen LogP contribution in [0.1, 0.15) is 15.9 Å². The third-order valence-electron chi connectivity index (χ3n) is 3.73. The number of hydrogen-bond donors (Lipinski definition) is 0. The van der Waals surface area contributed by atoms with Gasteiger partial charge in [0.25, 0.3) is 5.91 Å². The number of esters is 1. The molecule has 0 bridgehead atoms. The molecule has 1 heterocycles. The summed E-state index contributed by atoms with van der Waals surface area (Å²) in [4.78, 5) is 26.3. The number of thioether (sulfide) groups is 1. The van der Waals surface area contributed by atoms with Crippen molar-refractivity contribution in [2.45, 2.75) is 0 Å². The number of methoxy groups -OCH3 is 2. The first-order valence-corrected chi connectivity index (χ1v) is 8.86. The Hall–Kier alpha value is -2.64. The summed E-state index contributed by atoms with van der Waals surface area (Å²) in [7, 11) is 2.91. The van der Waals surface area contributed by atoms with Gasteiger partial charge in [-0.15, -0.1) is 0 Å². The second kappa shape index (κ2) is 7.72. The molecule has 5 nitrogen and oxygen atoms in total. The molecule has 1 aliphatic heterocycles. The third kappa shape index (κ3) is 3.63. The Balaban J connectivity index is 1.87. The summed E-state index contributed by atoms with van der Waals surface area (Å²) in [6.45, 7) is 0. The number of hydrogen-bond acceptors (Lipinski definition) is 6. The Morgan fingerprint density at radius 3 is 2.54 bits per heavy atom. The average Bonchev–Trinajstić information content (AvgIpc) is 2.94. The molecule has 0 unspecified atom stereocenters. The summed E-state index contributed by atoms with van der Waals surface area (Å²) in [6, 6.07) is 14.0. The maximum atomic E-state index is 12.8. The van der Waals surface area contributed by atoms with Gasteiger partial charge < -0.3 is 9.47 Å². The highest BCUT2D eigenvalue weighted by molar-refractivity contribution is 8.27. The van der Waals surface area contributed by atoms with E-state index in [0.29, 0.717) is 26.2 Å². The van der Waals surface area contributed by atoms with Gasteiger partial charge >= 0.3 is 5.97 Å². The lowest BCUT2D eigenvalue weighted by molar-refractivity contribution is -0.113. The van der Waals surface area contributed by atoms with Crippen LogP contribution in [0.15, 0.2) is 53.4 Å². The van der Waals surface area contributed by atoms with Crippen LogP contribution in [0.3, 0.4) is 0 Å². The van der Waals surface area contributed by atoms with E-state index in [0.717, 1.165) is 5.56 Å². The Morgan fingerprint density at radius 1 is 1.15 bits per heavy atom. The second-order valence-corrected chi connectivity index (χ2v) is 7.01. The van der Waals surface area contributed by atoms with Gasteiger partial charge in [0.2, 0.25) is 0 Å². The number of thiocarbonyl (C=S) groups is 1. The fraction of sp³-hybridized carbons (Fsp3) is 0.105. The van der Waals surface area contributed by atoms with Crippen molar-refractivity contribution in [1.29, 1.82) is 0 Å². The summed E-state index contributed by atoms with van der Waals surface area (Å²) in [5.41, 5.74) is 1.87. The van der Waals surface area contributed by atoms with Gasteiger partial charge in [-0.2, -0.15) is 0 Å². The second-order valence-electron chi connectivity index (χ2n) is 5.33. The van der Waals surface area contributed by atoms with Gasteiger partial charge in [-0.1, -0.05) is 36.1 Å². The molecular weight excluding hydrogens is 370 g/mol. The number of anilines is 1. The number of carbonyl (C=O) groups is 2. The molecule has 132 valence electrons. The number of nitrogens with zero attached hydrogens (tertiary/aromatic N) is 1. The molecule has 1 saturated heterocycles. The van der Waals surface area contributed by atoms with Crippen LogP contribution < -0.4 is 9.64 Å². The highest BCUT2D eigenvalue weighted by atomic mass is 32.2. The van der Waals surface area contributed by atoms with Crippen molar-refractivity contribution in [3.63, 3.8) is 0 Å². The largest absolute Gasteiger partial charge is 0.497 e. The summed E-state index contributed by atoms with van der Waals surface area (Å²) >= 11 is 6.60. The zero-order chi connectivity index (χ0) is 18.7. The molecule has 1 fully saturated rings. The maximum Gasteiger partial charge on any atom is 0.337 e. The van der Waals surface area contributed by atoms with E-state index < -0.39 is 5.97 Å². The van der Waals surface area contributed by atoms with Gasteiger partial charge in [0, 0.05) is 0 Å². The Labute approximate surface area is 160 Å². The molecule has 1 amide bonds. The smallest absolute Gasteiger partial charge is 0.337 e. The molecule has 0 saturated carbocycles. The van der Waals surface area contributed by atoms with Gasteiger partial charge in [-0.05, 0) is 48.0 Å². The van der Waals surface area contributed by atoms with Crippen LogP contribution >= 0.6 is 24.0 Å². The monoisotopic (exact) mass is 385 g/mol. The first-order chi connectivity index (χ1) is 12.5. The minimum Gasteiger partial charge on any atom is -0.497 e. The highest BCUT2D eigenvalue weighted by Gasteiger charge is 2.33. The van der Waals surface area contributed by atoms with Gasteiger partial charge in [0.1, 0.15) is 5.75 Å². The normalized spacial score (nSPS) is 15.5. The van der Waals surface area contributed by atoms with E-state index in [9.17, 15) is 9.59 Å². The van der Waals surface area contributed by atoms with Crippen LogP contribution in [0.2, 0.25) is 0 Å². The lowest BCUT2D eigenvalue weighted by Gasteiger charge is -2.14. The predicted octanol–water partition coefficient (Wildman–Crippen LogP) is 3.89. The molecule has 2 aromatic carbocycles. The molecule has 2 aromatic rings. The minimum atomic E-state index is -0.431. The van der Waals surface area contributed by atoms with Crippen LogP contribution in [0, 0.1) is 0 Å². The number of ether oxygens (including phenoxy) is 2. The van der Waals surface area contributed by atoms with Crippen molar-refractivity contribution in [2.24, 2.45) is 0 Å². The van der Waals surface area contributed by atoms with Gasteiger partial charge in [-0.3, -0.25) is 9.69 Å². The van der Waals surface area contributed by atoms with E-state index in [2.05, 4.69) is 4.74 Å². The Bertz CT molecular complexity index is 906. The van der Waals surface area contributed by atoms with E-state index in [1.165, 1.54) is 23.8 Å². The molecule has 0 radical (unpaired) electrons. The summed E-state index contributed by atoms with van der Waals surface area (Å²) in [5, 5.41) is 0. The molecular formula is C19H15NO4S2. The van der Waals surface area contributed by atoms with E-state index in [4.69, 9.17) is 17.0 Å². The molecule has 0 N–H and O–H groups in total. The topological polar surface area (TPSA) is 55.8 Å². The zero-order valence-electron chi connectivity index (χ0n) is 14.1. The number of rotatable bonds is 4. The third-order valence-corrected chi connectivity index (χ3v) is 5.03. The minimum absolute atomic E-state index is 0.200. The fourth-order valence-corrected chi connectivity index (χ4v) is 3.74. The molecule has 26 heavy (non-hydrogen) atoms. The van der Waals surface area contributed by atoms with Crippen LogP contribution in [0.25, 0.3) is 6.08 Å². The van der Waals surface area contributed by atoms with Crippen LogP contribution in [0.5, 0.6) is 5.75 Å². The Morgan fingerprint density at radius 2 is 1.88 bits per heavy atom. The van der Waals surface area contributed by atoms with E-state index in [1.807, 2.05) is 24.3 Å². The van der Waals surface area contributed by atoms with E-state index in [-0.39, 0.29) is 5.91 Å². The summed E-state index contributed by atoms with van der Waals surface area (Å²) < 4.78 is 10.3. The van der Waals surface area contributed by atoms with Crippen LogP contribution in [0.4, 0.5) is 5.69 Å². The SMILES string of the molecule is COC(=O)c1ccc(N2C(=O)/C(=C\c3cccc(OC)c3)SC2=S)cc1. The van der Waals surface area contributed by atoms with Crippen LogP contribution in [-0.4, -0.2) is 30.4 Å². The van der Waals surface area contributed by atoms with Crippen molar-refractivity contribution in [1.82, 2.24) is 0 Å². The summed E-state index contributed by atoms with van der Waals surface area (Å²) in [6.07, 6.45) is 1.78. The standard InChI is InChI=1S/C19H15NO4S2/c1-23-15-5-3-4-12(10-15)11-16-17(21)20(19(25)26-16)14-8-6-13(7-9-14)18(22)24-2/h3-11H,1-2H3/b16-11+. The lowest BCUT2D eigenvalue weighted by atomic mass is 10.2. The fourth-order valence-electron chi connectivity index (χ4n) is 2.44. The maximum absolute atomic E-state index is 12.8. The van der Waals surface area contributed by atoms with Gasteiger partial charge in [-0.25, -0.2) is 4.79 Å². The molecule has 0 spiro atoms. The number of benzene rings is 2. The average molecular weight is 385 g/mol. The summed E-state index contributed by atoms with van der Waals surface area (Å²) in [5.74, 6) is 0.0844. The molecule has 0 aliphatic carbocycles. The van der Waals surface area contributed by atoms with E-state index >= 15 is 0 Å². The first kappa shape index (κ1) is 18.2. The first-order valence-electron chi connectivity index (χ1n) is 7.64. The molecule has 0 aromatic heterocycles. The highest BCUT2D eigenvalue weighted by Crippen LogP contribution is 2.36. The molecule has 1 aliphatic rings. The van der Waals surface area contributed by atoms with Crippen molar-refractivity contribution in [2.75, 3.05) is 19.1 Å². The van der Waals surface area contributed by atoms with Gasteiger partial charge in [0.15, 0.2) is 4.32 Å². The van der Waals surface area contributed by atoms with Crippen LogP contribution in [-0.2, 0) is 9.53 Å². The van der Waals surface area contributed by atoms with Crippen molar-refractivity contribution in [3.8, 4) is 5.75 Å². The lowest BCUT2D eigenvalue weighted by Crippen LogP contribution is -2.27. The zero-order valence-corrected chi connectivity index (χ0v) is 15.7. The van der Waals surface area contributed by atoms with Gasteiger partial charge in [0.05, 0.1) is 30.4 Å². The van der Waals surface area contributed by atoms with Crippen molar-refractivity contribution < 1.29 is 19.1 Å². The molecule has 0 atom stereocenters. The van der Waals surface area contributed by atoms with E-state index in [1.54, 1.807) is 37.5 Å². The van der Waals surface area contributed by atoms with Crippen molar-refractivity contribution >= 4 is 51.9 Å².